The van der Waals surface area contributed by atoms with E-state index in [-0.39, 0.29) is 30.3 Å². The van der Waals surface area contributed by atoms with Crippen molar-refractivity contribution in [1.82, 2.24) is 0 Å². The van der Waals surface area contributed by atoms with Gasteiger partial charge in [-0.3, -0.25) is 19.2 Å². The van der Waals surface area contributed by atoms with Crippen LogP contribution in [0.2, 0.25) is 0 Å². The van der Waals surface area contributed by atoms with Gasteiger partial charge < -0.3 is 34.0 Å². The van der Waals surface area contributed by atoms with Gasteiger partial charge in [0.25, 0.3) is 5.97 Å². The quantitative estimate of drug-likeness (QED) is 0.270. The predicted molar refractivity (Wildman–Crippen MR) is 116 cm³/mol. The number of ether oxygens (including phenoxy) is 3. The molecule has 2 N–H and O–H groups in total. The maximum absolute atomic E-state index is 9.82. The van der Waals surface area contributed by atoms with Crippen molar-refractivity contribution in [2.45, 2.75) is 62.3 Å². The van der Waals surface area contributed by atoms with Gasteiger partial charge in [0.1, 0.15) is 12.1 Å². The summed E-state index contributed by atoms with van der Waals surface area (Å²) in [6.07, 6.45) is 1.85. The van der Waals surface area contributed by atoms with E-state index in [9.17, 15) is 19.2 Å². The van der Waals surface area contributed by atoms with Crippen LogP contribution in [0.25, 0.3) is 0 Å². The number of aliphatic carboxylic acids is 1. The fourth-order valence-electron chi connectivity index (χ4n) is 0.321. The lowest BCUT2D eigenvalue weighted by Gasteiger charge is -1.89. The van der Waals surface area contributed by atoms with Crippen molar-refractivity contribution in [2.75, 3.05) is 20.3 Å². The molecule has 0 bridgehead atoms. The molecule has 0 amide bonds. The molecule has 0 radical (unpaired) electrons. The van der Waals surface area contributed by atoms with Crippen molar-refractivity contribution in [2.24, 2.45) is 0 Å². The Kier molecular flexibility index (Phi) is 75.3. The molecule has 11 heteroatoms. The fourth-order valence-corrected chi connectivity index (χ4v) is 0.321. The number of hydrogen-bond donors (Lipinski definition) is 2. The third-order valence-electron chi connectivity index (χ3n) is 0.884. The second-order valence-electron chi connectivity index (χ2n) is 4.38. The van der Waals surface area contributed by atoms with Gasteiger partial charge in [-0.25, -0.2) is 0 Å². The van der Waals surface area contributed by atoms with E-state index >= 15 is 0 Å². The second kappa shape index (κ2) is 50.5. The largest absolute Gasteiger partial charge is 0.481 e. The molecule has 0 unspecified atom stereocenters. The average Bonchev–Trinajstić information content (AvgIpc) is 2.56. The van der Waals surface area contributed by atoms with Crippen molar-refractivity contribution in [3.8, 4) is 0 Å². The van der Waals surface area contributed by atoms with Gasteiger partial charge in [-0.15, -0.1) is 0 Å². The Morgan fingerprint density at radius 1 is 0.871 bits per heavy atom. The summed E-state index contributed by atoms with van der Waals surface area (Å²) in [4.78, 5) is 56.4. The number of aldehydes is 1. The van der Waals surface area contributed by atoms with Gasteiger partial charge in [0.2, 0.25) is 0 Å². The molecule has 186 valence electrons. The minimum atomic E-state index is -0.833. The first kappa shape index (κ1) is 46.2. The summed E-state index contributed by atoms with van der Waals surface area (Å²) in [6.45, 7) is 17.0. The topological polar surface area (TPSA) is 171 Å². The van der Waals surface area contributed by atoms with Gasteiger partial charge in [-0.05, 0) is 34.6 Å². The fraction of sp³-hybridized carbons (Fsp3) is 0.600. The molecule has 0 aromatic carbocycles. The van der Waals surface area contributed by atoms with Crippen LogP contribution in [0, 0.1) is 0 Å². The summed E-state index contributed by atoms with van der Waals surface area (Å²) in [5.41, 5.74) is 0. The summed E-state index contributed by atoms with van der Waals surface area (Å²) in [7, 11) is 1.35. The number of rotatable bonds is 2. The van der Waals surface area contributed by atoms with Crippen LogP contribution in [-0.4, -0.2) is 66.5 Å². The maximum atomic E-state index is 9.82. The number of carboxylic acids is 1. The molecule has 0 aromatic heterocycles. The van der Waals surface area contributed by atoms with Gasteiger partial charge in [-0.1, -0.05) is 6.58 Å². The Morgan fingerprint density at radius 2 is 1.10 bits per heavy atom. The smallest absolute Gasteiger partial charge is 0.307 e. The minimum Gasteiger partial charge on any atom is -0.481 e. The van der Waals surface area contributed by atoms with E-state index in [0.717, 1.165) is 19.5 Å². The van der Waals surface area contributed by atoms with Gasteiger partial charge >= 0.3 is 17.9 Å². The Labute approximate surface area is 185 Å². The van der Waals surface area contributed by atoms with Crippen LogP contribution in [0.5, 0.6) is 0 Å². The molecule has 0 rings (SSSR count). The number of esters is 3. The van der Waals surface area contributed by atoms with E-state index in [1.54, 1.807) is 13.8 Å². The highest BCUT2D eigenvalue weighted by molar-refractivity contribution is 5.72. The number of aliphatic hydroxyl groups excluding tert-OH is 1. The SMILES string of the molecule is C=COC(C)=O.CC(=O)O.CC(C)=O.CC=O.CCO.CCOC(C)=O.COC(C)=O. The highest BCUT2D eigenvalue weighted by Gasteiger charge is 1.81. The molecule has 11 nitrogen and oxygen atoms in total. The lowest BCUT2D eigenvalue weighted by molar-refractivity contribution is -0.140. The van der Waals surface area contributed by atoms with Crippen LogP contribution >= 0.6 is 0 Å². The number of carboxylic acid groups (broad SMARTS) is 1. The normalized spacial score (nSPS) is 6.55. The van der Waals surface area contributed by atoms with Crippen LogP contribution in [0.4, 0.5) is 0 Å². The second-order valence-corrected chi connectivity index (χ2v) is 4.38. The standard InChI is InChI=1S/C4H8O2.C4H6O2.C3H6O2.C3H6O.C2H4O2.C2H6O.C2H4O/c2*1-3-6-4(2)5;1-3(4)5-2;1-3(2)4;1-2(3)4;2*1-2-3/h3H2,1-2H3;3H,1H2,2H3;1-2H3;1-2H3;1H3,(H,3,4);3H,2H2,1H3;2H,1H3. The van der Waals surface area contributed by atoms with Crippen molar-refractivity contribution >= 4 is 35.9 Å². The molecule has 0 fully saturated rings. The van der Waals surface area contributed by atoms with E-state index in [4.69, 9.17) is 19.8 Å². The Balaban J connectivity index is -0.0000000441. The van der Waals surface area contributed by atoms with E-state index in [1.807, 2.05) is 0 Å². The number of ketones is 1. The molecular formula is C20H40O11. The Hall–Kier alpha value is -3.08. The van der Waals surface area contributed by atoms with Gasteiger partial charge in [0.15, 0.2) is 0 Å². The molecule has 31 heavy (non-hydrogen) atoms. The van der Waals surface area contributed by atoms with Crippen molar-refractivity contribution < 1.29 is 53.2 Å². The maximum Gasteiger partial charge on any atom is 0.307 e. The van der Waals surface area contributed by atoms with Crippen LogP contribution in [-0.2, 0) is 43.0 Å². The number of carbonyl (C=O) groups is 6. The third-order valence-corrected chi connectivity index (χ3v) is 0.884. The molecule has 0 aliphatic carbocycles. The number of hydrogen-bond acceptors (Lipinski definition) is 10. The van der Waals surface area contributed by atoms with Crippen LogP contribution in [0.15, 0.2) is 12.8 Å². The lowest BCUT2D eigenvalue weighted by Crippen LogP contribution is -1.95. The molecule has 0 heterocycles. The van der Waals surface area contributed by atoms with E-state index in [1.165, 1.54) is 48.7 Å². The van der Waals surface area contributed by atoms with Crippen molar-refractivity contribution in [3.05, 3.63) is 12.8 Å². The first-order valence-electron chi connectivity index (χ1n) is 8.74. The number of aliphatic hydroxyl groups is 1. The Morgan fingerprint density at radius 3 is 1.10 bits per heavy atom. The molecule has 0 aliphatic heterocycles. The summed E-state index contributed by atoms with van der Waals surface area (Å²) in [5, 5.41) is 15.0. The van der Waals surface area contributed by atoms with E-state index in [2.05, 4.69) is 20.8 Å². The highest BCUT2D eigenvalue weighted by Crippen LogP contribution is 1.70. The number of carbonyl (C=O) groups excluding carboxylic acids is 5. The summed E-state index contributed by atoms with van der Waals surface area (Å²) < 4.78 is 12.7. The van der Waals surface area contributed by atoms with Crippen molar-refractivity contribution in [3.63, 3.8) is 0 Å². The third kappa shape index (κ3) is 691. The predicted octanol–water partition coefficient (Wildman–Crippen LogP) is 2.33. The lowest BCUT2D eigenvalue weighted by atomic mass is 10.6. The number of Topliss-reactive ketones (excluding diaryl/α,β-unsaturated/α-hetero) is 1. The zero-order valence-corrected chi connectivity index (χ0v) is 20.3. The molecular weight excluding hydrogens is 416 g/mol. The van der Waals surface area contributed by atoms with Gasteiger partial charge in [0, 0.05) is 34.3 Å². The highest BCUT2D eigenvalue weighted by atomic mass is 16.5. The first-order chi connectivity index (χ1) is 14.1. The zero-order chi connectivity index (χ0) is 26.8. The van der Waals surface area contributed by atoms with Crippen LogP contribution in [0.1, 0.15) is 62.3 Å². The molecule has 0 atom stereocenters. The van der Waals surface area contributed by atoms with E-state index < -0.39 is 5.97 Å². The van der Waals surface area contributed by atoms with Crippen LogP contribution < -0.4 is 0 Å². The molecule has 0 saturated carbocycles. The molecule has 0 aromatic rings. The van der Waals surface area contributed by atoms with Crippen LogP contribution in [0.3, 0.4) is 0 Å². The summed E-state index contributed by atoms with van der Waals surface area (Å²) in [6, 6.07) is 0. The Bertz CT molecular complexity index is 424. The minimum absolute atomic E-state index is 0.167. The first-order valence-corrected chi connectivity index (χ1v) is 8.74. The van der Waals surface area contributed by atoms with E-state index in [0.29, 0.717) is 6.61 Å². The average molecular weight is 457 g/mol. The van der Waals surface area contributed by atoms with Crippen molar-refractivity contribution in [1.29, 1.82) is 0 Å². The molecule has 0 saturated heterocycles. The summed E-state index contributed by atoms with van der Waals surface area (Å²) >= 11 is 0. The molecule has 0 spiro atoms. The zero-order valence-electron chi connectivity index (χ0n) is 20.3. The summed E-state index contributed by atoms with van der Waals surface area (Å²) in [5.74, 6) is -1.45. The monoisotopic (exact) mass is 456 g/mol. The van der Waals surface area contributed by atoms with Gasteiger partial charge in [-0.2, -0.15) is 0 Å². The number of methoxy groups -OCH3 is 1. The van der Waals surface area contributed by atoms with Gasteiger partial charge in [0.05, 0.1) is 20.0 Å². The molecule has 0 aliphatic rings.